The van der Waals surface area contributed by atoms with Crippen LogP contribution in [0.3, 0.4) is 0 Å². The van der Waals surface area contributed by atoms with E-state index in [9.17, 15) is 14.0 Å². The smallest absolute Gasteiger partial charge is 0.409 e. The fraction of sp³-hybridized carbons (Fsp3) is 0.556. The van der Waals surface area contributed by atoms with Gasteiger partial charge in [-0.3, -0.25) is 4.79 Å². The Bertz CT molecular complexity index is 596. The van der Waals surface area contributed by atoms with Crippen LogP contribution < -0.4 is 4.74 Å². The van der Waals surface area contributed by atoms with Crippen molar-refractivity contribution in [2.45, 2.75) is 19.8 Å². The maximum atomic E-state index is 13.5. The Labute approximate surface area is 147 Å². The average Bonchev–Trinajstić information content (AvgIpc) is 2.63. The summed E-state index contributed by atoms with van der Waals surface area (Å²) in [5, 5.41) is 0. The van der Waals surface area contributed by atoms with Crippen LogP contribution >= 0.6 is 0 Å². The highest BCUT2D eigenvalue weighted by atomic mass is 19.1. The number of carbonyl (C=O) groups excluding carboxylic acids is 2. The Balaban J connectivity index is 1.80. The number of ether oxygens (including phenoxy) is 2. The SMILES string of the molecule is CCOC(=O)N1CCCC(C(=O)N(C)CCOc2ccccc2F)C1. The second-order valence-electron chi connectivity index (χ2n) is 6.02. The van der Waals surface area contributed by atoms with E-state index in [0.29, 0.717) is 26.2 Å². The summed E-state index contributed by atoms with van der Waals surface area (Å²) >= 11 is 0. The summed E-state index contributed by atoms with van der Waals surface area (Å²) in [6, 6.07) is 6.17. The van der Waals surface area contributed by atoms with Gasteiger partial charge >= 0.3 is 6.09 Å². The van der Waals surface area contributed by atoms with Crippen LogP contribution in [0.5, 0.6) is 5.75 Å². The summed E-state index contributed by atoms with van der Waals surface area (Å²) in [7, 11) is 1.69. The lowest BCUT2D eigenvalue weighted by Crippen LogP contribution is -2.46. The molecule has 1 aliphatic rings. The second-order valence-corrected chi connectivity index (χ2v) is 6.02. The molecule has 0 bridgehead atoms. The van der Waals surface area contributed by atoms with E-state index in [1.54, 1.807) is 42.0 Å². The number of carbonyl (C=O) groups is 2. The van der Waals surface area contributed by atoms with Crippen LogP contribution in [-0.2, 0) is 9.53 Å². The maximum Gasteiger partial charge on any atom is 0.409 e. The van der Waals surface area contributed by atoms with E-state index in [1.165, 1.54) is 6.07 Å². The fourth-order valence-corrected chi connectivity index (χ4v) is 2.84. The van der Waals surface area contributed by atoms with Crippen LogP contribution in [0.25, 0.3) is 0 Å². The number of amides is 2. The molecule has 0 aliphatic carbocycles. The van der Waals surface area contributed by atoms with E-state index in [1.807, 2.05) is 0 Å². The molecule has 1 aromatic rings. The number of para-hydroxylation sites is 1. The zero-order valence-electron chi connectivity index (χ0n) is 14.7. The van der Waals surface area contributed by atoms with Crippen molar-refractivity contribution in [1.29, 1.82) is 0 Å². The number of likely N-dealkylation sites (N-methyl/N-ethyl adjacent to an activating group) is 1. The molecule has 1 heterocycles. The molecular weight excluding hydrogens is 327 g/mol. The summed E-state index contributed by atoms with van der Waals surface area (Å²) in [5.41, 5.74) is 0. The Kier molecular flexibility index (Phi) is 7.03. The van der Waals surface area contributed by atoms with E-state index in [-0.39, 0.29) is 30.3 Å². The summed E-state index contributed by atoms with van der Waals surface area (Å²) < 4.78 is 23.9. The molecule has 2 rings (SSSR count). The predicted octanol–water partition coefficient (Wildman–Crippen LogP) is 2.53. The Morgan fingerprint density at radius 3 is 2.84 bits per heavy atom. The lowest BCUT2D eigenvalue weighted by Gasteiger charge is -2.33. The first-order chi connectivity index (χ1) is 12.0. The van der Waals surface area contributed by atoms with Gasteiger partial charge in [-0.2, -0.15) is 0 Å². The molecule has 1 unspecified atom stereocenters. The van der Waals surface area contributed by atoms with Crippen molar-refractivity contribution < 1.29 is 23.5 Å². The van der Waals surface area contributed by atoms with Crippen molar-refractivity contribution in [2.75, 3.05) is 39.9 Å². The number of nitrogens with zero attached hydrogens (tertiary/aromatic N) is 2. The third kappa shape index (κ3) is 5.34. The standard InChI is InChI=1S/C18H25FN2O4/c1-3-24-18(23)21-10-6-7-14(13-21)17(22)20(2)11-12-25-16-9-5-4-8-15(16)19/h4-5,8-9,14H,3,6-7,10-13H2,1-2H3. The number of hydrogen-bond donors (Lipinski definition) is 0. The maximum absolute atomic E-state index is 13.5. The average molecular weight is 352 g/mol. The van der Waals surface area contributed by atoms with Crippen molar-refractivity contribution in [3.05, 3.63) is 30.1 Å². The molecule has 1 aliphatic heterocycles. The first-order valence-corrected chi connectivity index (χ1v) is 8.57. The predicted molar refractivity (Wildman–Crippen MR) is 90.9 cm³/mol. The fourth-order valence-electron chi connectivity index (χ4n) is 2.84. The van der Waals surface area contributed by atoms with Gasteiger partial charge < -0.3 is 19.3 Å². The van der Waals surface area contributed by atoms with Crippen molar-refractivity contribution in [2.24, 2.45) is 5.92 Å². The molecular formula is C18H25FN2O4. The molecule has 25 heavy (non-hydrogen) atoms. The quantitative estimate of drug-likeness (QED) is 0.789. The molecule has 0 aromatic heterocycles. The first kappa shape index (κ1) is 19.0. The van der Waals surface area contributed by atoms with E-state index in [2.05, 4.69) is 0 Å². The summed E-state index contributed by atoms with van der Waals surface area (Å²) in [6.07, 6.45) is 1.15. The van der Waals surface area contributed by atoms with Crippen LogP contribution in [0.1, 0.15) is 19.8 Å². The Morgan fingerprint density at radius 1 is 1.36 bits per heavy atom. The molecule has 0 N–H and O–H groups in total. The van der Waals surface area contributed by atoms with Gasteiger partial charge in [0.25, 0.3) is 0 Å². The van der Waals surface area contributed by atoms with Gasteiger partial charge in [-0.1, -0.05) is 12.1 Å². The summed E-state index contributed by atoms with van der Waals surface area (Å²) in [6.45, 7) is 3.62. The first-order valence-electron chi connectivity index (χ1n) is 8.57. The normalized spacial score (nSPS) is 17.1. The van der Waals surface area contributed by atoms with Crippen LogP contribution in [0, 0.1) is 11.7 Å². The Hall–Kier alpha value is -2.31. The zero-order valence-corrected chi connectivity index (χ0v) is 14.7. The van der Waals surface area contributed by atoms with Crippen LogP contribution in [0.4, 0.5) is 9.18 Å². The second kappa shape index (κ2) is 9.25. The molecule has 6 nitrogen and oxygen atoms in total. The van der Waals surface area contributed by atoms with Gasteiger partial charge in [0.2, 0.25) is 5.91 Å². The minimum absolute atomic E-state index is 0.0360. The van der Waals surface area contributed by atoms with Gasteiger partial charge in [-0.05, 0) is 31.9 Å². The number of halogens is 1. The zero-order chi connectivity index (χ0) is 18.2. The van der Waals surface area contributed by atoms with E-state index in [0.717, 1.165) is 12.8 Å². The molecule has 7 heteroatoms. The van der Waals surface area contributed by atoms with Gasteiger partial charge in [0.15, 0.2) is 11.6 Å². The molecule has 2 amide bonds. The van der Waals surface area contributed by atoms with Crippen LogP contribution in [-0.4, -0.2) is 61.7 Å². The van der Waals surface area contributed by atoms with Crippen molar-refractivity contribution in [3.63, 3.8) is 0 Å². The van der Waals surface area contributed by atoms with Gasteiger partial charge in [0, 0.05) is 20.1 Å². The summed E-state index contributed by atoms with van der Waals surface area (Å²) in [4.78, 5) is 27.5. The van der Waals surface area contributed by atoms with Crippen molar-refractivity contribution in [3.8, 4) is 5.75 Å². The van der Waals surface area contributed by atoms with Gasteiger partial charge in [0.1, 0.15) is 6.61 Å². The molecule has 0 spiro atoms. The van der Waals surface area contributed by atoms with Crippen LogP contribution in [0.15, 0.2) is 24.3 Å². The number of hydrogen-bond acceptors (Lipinski definition) is 4. The highest BCUT2D eigenvalue weighted by Crippen LogP contribution is 2.19. The monoisotopic (exact) mass is 352 g/mol. The largest absolute Gasteiger partial charge is 0.489 e. The molecule has 1 fully saturated rings. The lowest BCUT2D eigenvalue weighted by molar-refractivity contribution is -0.136. The highest BCUT2D eigenvalue weighted by molar-refractivity contribution is 5.80. The number of rotatable bonds is 6. The third-order valence-electron chi connectivity index (χ3n) is 4.19. The van der Waals surface area contributed by atoms with E-state index >= 15 is 0 Å². The van der Waals surface area contributed by atoms with Crippen molar-refractivity contribution >= 4 is 12.0 Å². The number of benzene rings is 1. The van der Waals surface area contributed by atoms with Crippen LogP contribution in [0.2, 0.25) is 0 Å². The van der Waals surface area contributed by atoms with E-state index < -0.39 is 5.82 Å². The minimum atomic E-state index is -0.422. The topological polar surface area (TPSA) is 59.1 Å². The van der Waals surface area contributed by atoms with Gasteiger partial charge in [-0.25, -0.2) is 9.18 Å². The minimum Gasteiger partial charge on any atom is -0.489 e. The Morgan fingerprint density at radius 2 is 2.12 bits per heavy atom. The third-order valence-corrected chi connectivity index (χ3v) is 4.19. The number of piperidine rings is 1. The lowest BCUT2D eigenvalue weighted by atomic mass is 9.97. The summed E-state index contributed by atoms with van der Waals surface area (Å²) in [5.74, 6) is -0.522. The molecule has 1 atom stereocenters. The number of likely N-dealkylation sites (tertiary alicyclic amines) is 1. The van der Waals surface area contributed by atoms with Crippen molar-refractivity contribution in [1.82, 2.24) is 9.80 Å². The molecule has 1 aromatic carbocycles. The van der Waals surface area contributed by atoms with Gasteiger partial charge in [0.05, 0.1) is 19.1 Å². The molecule has 0 radical (unpaired) electrons. The molecule has 138 valence electrons. The molecule has 1 saturated heterocycles. The van der Waals surface area contributed by atoms with Gasteiger partial charge in [-0.15, -0.1) is 0 Å². The molecule has 0 saturated carbocycles. The van der Waals surface area contributed by atoms with E-state index in [4.69, 9.17) is 9.47 Å². The highest BCUT2D eigenvalue weighted by Gasteiger charge is 2.30.